The fourth-order valence-corrected chi connectivity index (χ4v) is 5.37. The van der Waals surface area contributed by atoms with Crippen LogP contribution >= 0.6 is 11.3 Å². The van der Waals surface area contributed by atoms with Crippen LogP contribution in [-0.4, -0.2) is 66.0 Å². The smallest absolute Gasteiger partial charge is 0.330 e. The lowest BCUT2D eigenvalue weighted by Gasteiger charge is -2.28. The van der Waals surface area contributed by atoms with Gasteiger partial charge in [-0.3, -0.25) is 4.79 Å². The highest BCUT2D eigenvalue weighted by Crippen LogP contribution is 2.37. The third-order valence-electron chi connectivity index (χ3n) is 6.35. The number of nitrogens with one attached hydrogen (secondary N) is 2. The molecule has 1 fully saturated rings. The van der Waals surface area contributed by atoms with Gasteiger partial charge >= 0.3 is 5.97 Å². The second kappa shape index (κ2) is 11.8. The number of aromatic nitrogens is 2. The molecule has 0 aliphatic heterocycles. The lowest BCUT2D eigenvalue weighted by Crippen LogP contribution is -2.43. The number of methoxy groups -OCH3 is 2. The number of carbonyl (C=O) groups is 2. The van der Waals surface area contributed by atoms with Gasteiger partial charge in [0.25, 0.3) is 5.91 Å². The molecule has 198 valence electrons. The van der Waals surface area contributed by atoms with Crippen LogP contribution in [0.25, 0.3) is 10.2 Å². The number of esters is 1. The van der Waals surface area contributed by atoms with Gasteiger partial charge in [0.05, 0.1) is 41.9 Å². The minimum Gasteiger partial charge on any atom is -0.488 e. The number of nitrogens with zero attached hydrogens (tertiary/aromatic N) is 2. The number of fused-ring (bicyclic) bond motifs is 1. The number of carbonyl (C=O) groups excluding carboxylic acids is 2. The fraction of sp³-hybridized carbons (Fsp3) is 0.440. The van der Waals surface area contributed by atoms with Gasteiger partial charge in [0.15, 0.2) is 6.04 Å². The van der Waals surface area contributed by atoms with Crippen molar-refractivity contribution in [3.63, 3.8) is 0 Å². The fourth-order valence-electron chi connectivity index (χ4n) is 4.32. The van der Waals surface area contributed by atoms with Crippen LogP contribution < -0.4 is 15.4 Å². The topological polar surface area (TPSA) is 132 Å². The number of benzene rings is 1. The normalized spacial score (nSPS) is 18.3. The quantitative estimate of drug-likeness (QED) is 0.354. The number of aryl methyl sites for hydroxylation is 1. The summed E-state index contributed by atoms with van der Waals surface area (Å²) in [6.07, 6.45) is 4.86. The first kappa shape index (κ1) is 26.7. The summed E-state index contributed by atoms with van der Waals surface area (Å²) in [6.45, 7) is 1.14. The molecule has 1 amide bonds. The summed E-state index contributed by atoms with van der Waals surface area (Å²) < 4.78 is 30.3. The molecule has 1 aliphatic rings. The lowest BCUT2D eigenvalue weighted by molar-refractivity contribution is -0.143. The number of halogens is 1. The molecule has 10 nitrogen and oxygen atoms in total. The van der Waals surface area contributed by atoms with Crippen LogP contribution in [0, 0.1) is 12.7 Å². The predicted molar refractivity (Wildman–Crippen MR) is 136 cm³/mol. The van der Waals surface area contributed by atoms with Gasteiger partial charge in [0.1, 0.15) is 28.5 Å². The first-order valence-corrected chi connectivity index (χ1v) is 12.7. The van der Waals surface area contributed by atoms with Crippen molar-refractivity contribution in [3.8, 4) is 5.75 Å². The minimum absolute atomic E-state index is 0.0633. The van der Waals surface area contributed by atoms with Crippen LogP contribution in [0.2, 0.25) is 0 Å². The molecule has 1 saturated carbocycles. The number of amides is 1. The molecular formula is C25H29FN4O6S. The van der Waals surface area contributed by atoms with Crippen LogP contribution in [0.5, 0.6) is 5.75 Å². The maximum absolute atomic E-state index is 14.1. The van der Waals surface area contributed by atoms with Crippen molar-refractivity contribution < 1.29 is 33.3 Å². The van der Waals surface area contributed by atoms with E-state index in [4.69, 9.17) is 9.47 Å². The first-order valence-electron chi connectivity index (χ1n) is 11.8. The molecular weight excluding hydrogens is 503 g/mol. The Hall–Kier alpha value is -3.35. The summed E-state index contributed by atoms with van der Waals surface area (Å²) in [7, 11) is 2.88. The summed E-state index contributed by atoms with van der Waals surface area (Å²) in [6, 6.07) is 3.06. The van der Waals surface area contributed by atoms with Gasteiger partial charge in [-0.15, -0.1) is 11.3 Å². The molecule has 4 rings (SSSR count). The Morgan fingerprint density at radius 1 is 1.19 bits per heavy atom. The number of rotatable bonds is 9. The highest BCUT2D eigenvalue weighted by molar-refractivity contribution is 7.20. The van der Waals surface area contributed by atoms with Gasteiger partial charge in [-0.25, -0.2) is 19.2 Å². The minimum atomic E-state index is -1.19. The van der Waals surface area contributed by atoms with Crippen molar-refractivity contribution in [1.82, 2.24) is 15.3 Å². The molecule has 0 radical (unpaired) electrons. The Labute approximate surface area is 217 Å². The summed E-state index contributed by atoms with van der Waals surface area (Å²) in [5.74, 6) is -0.940. The predicted octanol–water partition coefficient (Wildman–Crippen LogP) is 3.48. The molecule has 0 bridgehead atoms. The second-order valence-electron chi connectivity index (χ2n) is 8.71. The number of ether oxygens (including phenoxy) is 3. The molecule has 1 aliphatic carbocycles. The van der Waals surface area contributed by atoms with Crippen LogP contribution in [0.4, 0.5) is 15.9 Å². The zero-order chi connectivity index (χ0) is 26.5. The summed E-state index contributed by atoms with van der Waals surface area (Å²) in [5.41, 5.74) is 1.11. The van der Waals surface area contributed by atoms with E-state index in [0.717, 1.165) is 37.0 Å². The van der Waals surface area contributed by atoms with E-state index in [0.29, 0.717) is 37.9 Å². The number of aliphatic hydroxyl groups excluding tert-OH is 1. The number of hydrogen-bond donors (Lipinski definition) is 3. The molecule has 2 aromatic heterocycles. The van der Waals surface area contributed by atoms with Crippen molar-refractivity contribution in [1.29, 1.82) is 0 Å². The molecule has 0 spiro atoms. The maximum atomic E-state index is 14.1. The third-order valence-corrected chi connectivity index (χ3v) is 7.55. The van der Waals surface area contributed by atoms with E-state index in [1.807, 2.05) is 0 Å². The Kier molecular flexibility index (Phi) is 8.52. The van der Waals surface area contributed by atoms with Crippen LogP contribution in [0.15, 0.2) is 24.5 Å². The Morgan fingerprint density at radius 2 is 1.92 bits per heavy atom. The molecule has 3 N–H and O–H groups in total. The van der Waals surface area contributed by atoms with Crippen LogP contribution in [-0.2, 0) is 14.3 Å². The zero-order valence-electron chi connectivity index (χ0n) is 20.7. The van der Waals surface area contributed by atoms with Gasteiger partial charge in [-0.1, -0.05) is 0 Å². The molecule has 1 atom stereocenters. The number of anilines is 2. The highest BCUT2D eigenvalue weighted by atomic mass is 32.1. The number of aliphatic hydroxyl groups is 1. The van der Waals surface area contributed by atoms with Gasteiger partial charge in [-0.05, 0) is 50.3 Å². The van der Waals surface area contributed by atoms with Gasteiger partial charge in [0.2, 0.25) is 0 Å². The lowest BCUT2D eigenvalue weighted by atomic mass is 9.95. The number of thiophene rings is 1. The zero-order valence-corrected chi connectivity index (χ0v) is 21.6. The van der Waals surface area contributed by atoms with Gasteiger partial charge in [0, 0.05) is 13.2 Å². The highest BCUT2D eigenvalue weighted by Gasteiger charge is 2.26. The van der Waals surface area contributed by atoms with E-state index in [1.165, 1.54) is 25.6 Å². The average Bonchev–Trinajstić information content (AvgIpc) is 3.26. The largest absolute Gasteiger partial charge is 0.488 e. The van der Waals surface area contributed by atoms with E-state index in [1.54, 1.807) is 20.1 Å². The average molecular weight is 533 g/mol. The standard InChI is InChI=1S/C25H29FN4O6S/c1-13-20-22(27-12-28-24(20)37-21(13)23(32)30-18(11-31)25(33)35-3)29-17-9-4-14(26)10-19(17)36-16-7-5-15(34-2)6-8-16/h4,9-10,12,15-16,18,31H,5-8,11H2,1-3H3,(H,30,32)(H,27,28,29)/t15?,16?,18-/m0/s1. The SMILES string of the molecule is COC(=O)[C@H](CO)NC(=O)c1sc2ncnc(Nc3ccc(F)cc3OC3CCC(OC)CC3)c2c1C. The summed E-state index contributed by atoms with van der Waals surface area (Å²) in [5, 5.41) is 15.7. The van der Waals surface area contributed by atoms with Crippen molar-refractivity contribution in [2.24, 2.45) is 0 Å². The van der Waals surface area contributed by atoms with Crippen LogP contribution in [0.1, 0.15) is 40.9 Å². The van der Waals surface area contributed by atoms with Crippen LogP contribution in [0.3, 0.4) is 0 Å². The first-order chi connectivity index (χ1) is 17.8. The molecule has 2 heterocycles. The maximum Gasteiger partial charge on any atom is 0.330 e. The van der Waals surface area contributed by atoms with Crippen molar-refractivity contribution in [2.45, 2.75) is 50.9 Å². The molecule has 3 aromatic rings. The van der Waals surface area contributed by atoms with Gasteiger partial charge in [-0.2, -0.15) is 0 Å². The molecule has 12 heteroatoms. The number of hydrogen-bond acceptors (Lipinski definition) is 10. The van der Waals surface area contributed by atoms with Gasteiger partial charge < -0.3 is 30.0 Å². The van der Waals surface area contributed by atoms with Crippen molar-refractivity contribution in [3.05, 3.63) is 40.8 Å². The van der Waals surface area contributed by atoms with E-state index in [2.05, 4.69) is 25.3 Å². The van der Waals surface area contributed by atoms with E-state index >= 15 is 0 Å². The van der Waals surface area contributed by atoms with Crippen molar-refractivity contribution >= 4 is 44.9 Å². The molecule has 0 unspecified atom stereocenters. The van der Waals surface area contributed by atoms with E-state index < -0.39 is 30.3 Å². The van der Waals surface area contributed by atoms with Crippen molar-refractivity contribution in [2.75, 3.05) is 26.1 Å². The molecule has 37 heavy (non-hydrogen) atoms. The second-order valence-corrected chi connectivity index (χ2v) is 9.71. The van der Waals surface area contributed by atoms with E-state index in [-0.39, 0.29) is 12.2 Å². The Morgan fingerprint density at radius 3 is 2.59 bits per heavy atom. The van der Waals surface area contributed by atoms with E-state index in [9.17, 15) is 19.1 Å². The summed E-state index contributed by atoms with van der Waals surface area (Å²) >= 11 is 1.13. The Bertz CT molecular complexity index is 1280. The Balaban J connectivity index is 1.60. The third kappa shape index (κ3) is 5.97. The summed E-state index contributed by atoms with van der Waals surface area (Å²) in [4.78, 5) is 34.2. The molecule has 0 saturated heterocycles. The molecule has 1 aromatic carbocycles. The monoisotopic (exact) mass is 532 g/mol.